The normalized spacial score (nSPS) is 12.1. The van der Waals surface area contributed by atoms with E-state index in [1.165, 1.54) is 11.1 Å². The first-order valence-corrected chi connectivity index (χ1v) is 6.38. The van der Waals surface area contributed by atoms with Crippen LogP contribution in [0.4, 0.5) is 11.4 Å². The fourth-order valence-electron chi connectivity index (χ4n) is 2.11. The van der Waals surface area contributed by atoms with Crippen LogP contribution in [0.15, 0.2) is 48.5 Å². The Hall–Kier alpha value is -1.96. The highest BCUT2D eigenvalue weighted by atomic mass is 14.9. The van der Waals surface area contributed by atoms with Crippen LogP contribution < -0.4 is 11.1 Å². The van der Waals surface area contributed by atoms with Crippen molar-refractivity contribution in [1.82, 2.24) is 0 Å². The van der Waals surface area contributed by atoms with E-state index in [0.29, 0.717) is 6.04 Å². The van der Waals surface area contributed by atoms with E-state index in [0.717, 1.165) is 17.8 Å². The van der Waals surface area contributed by atoms with E-state index < -0.39 is 0 Å². The van der Waals surface area contributed by atoms with E-state index in [2.05, 4.69) is 55.6 Å². The molecule has 0 heterocycles. The lowest BCUT2D eigenvalue weighted by atomic mass is 10.0. The van der Waals surface area contributed by atoms with Crippen molar-refractivity contribution in [1.29, 1.82) is 0 Å². The maximum absolute atomic E-state index is 6.04. The molecule has 0 amide bonds. The molecule has 0 aliphatic carbocycles. The highest BCUT2D eigenvalue weighted by molar-refractivity contribution is 5.67. The molecule has 0 aromatic heterocycles. The second-order valence-electron chi connectivity index (χ2n) is 4.61. The molecule has 0 bridgehead atoms. The molecule has 3 N–H and O–H groups in total. The van der Waals surface area contributed by atoms with Gasteiger partial charge in [-0.05, 0) is 36.6 Å². The number of rotatable bonds is 4. The molecular weight excluding hydrogens is 220 g/mol. The van der Waals surface area contributed by atoms with Gasteiger partial charge >= 0.3 is 0 Å². The Morgan fingerprint density at radius 2 is 1.83 bits per heavy atom. The minimum atomic E-state index is 0.302. The molecule has 2 aromatic rings. The van der Waals surface area contributed by atoms with Crippen molar-refractivity contribution >= 4 is 11.4 Å². The lowest BCUT2D eigenvalue weighted by Gasteiger charge is -2.20. The highest BCUT2D eigenvalue weighted by Crippen LogP contribution is 2.26. The van der Waals surface area contributed by atoms with E-state index in [4.69, 9.17) is 5.73 Å². The Bertz CT molecular complexity index is 506. The van der Waals surface area contributed by atoms with Crippen molar-refractivity contribution in [3.63, 3.8) is 0 Å². The second kappa shape index (κ2) is 5.58. The molecule has 1 atom stereocenters. The summed E-state index contributed by atoms with van der Waals surface area (Å²) in [7, 11) is 0. The smallest absolute Gasteiger partial charge is 0.0578 e. The maximum Gasteiger partial charge on any atom is 0.0578 e. The monoisotopic (exact) mass is 240 g/mol. The Balaban J connectivity index is 2.21. The van der Waals surface area contributed by atoms with Crippen LogP contribution in [0, 0.1) is 6.92 Å². The van der Waals surface area contributed by atoms with Gasteiger partial charge in [-0.2, -0.15) is 0 Å². The Morgan fingerprint density at radius 1 is 1.11 bits per heavy atom. The number of anilines is 2. The van der Waals surface area contributed by atoms with Gasteiger partial charge in [0.15, 0.2) is 0 Å². The predicted molar refractivity (Wildman–Crippen MR) is 78.7 cm³/mol. The first-order chi connectivity index (χ1) is 8.70. The molecule has 94 valence electrons. The fourth-order valence-corrected chi connectivity index (χ4v) is 2.11. The van der Waals surface area contributed by atoms with Crippen LogP contribution >= 0.6 is 0 Å². The molecule has 1 unspecified atom stereocenters. The van der Waals surface area contributed by atoms with Gasteiger partial charge in [0, 0.05) is 0 Å². The topological polar surface area (TPSA) is 38.0 Å². The van der Waals surface area contributed by atoms with Gasteiger partial charge in [0.05, 0.1) is 17.4 Å². The molecule has 2 rings (SSSR count). The lowest BCUT2D eigenvalue weighted by Crippen LogP contribution is -2.11. The Labute approximate surface area is 109 Å². The summed E-state index contributed by atoms with van der Waals surface area (Å²) in [6.45, 7) is 4.23. The standard InChI is InChI=1S/C16H20N2/c1-3-15(13-7-5-4-6-8-13)18-16-10-9-12(2)11-14(16)17/h4-11,15,18H,3,17H2,1-2H3. The highest BCUT2D eigenvalue weighted by Gasteiger charge is 2.09. The van der Waals surface area contributed by atoms with Crippen LogP contribution in [-0.2, 0) is 0 Å². The molecule has 0 fully saturated rings. The van der Waals surface area contributed by atoms with E-state index in [9.17, 15) is 0 Å². The first-order valence-electron chi connectivity index (χ1n) is 6.38. The van der Waals surface area contributed by atoms with Crippen molar-refractivity contribution in [3.05, 3.63) is 59.7 Å². The lowest BCUT2D eigenvalue weighted by molar-refractivity contribution is 0.750. The molecule has 18 heavy (non-hydrogen) atoms. The SMILES string of the molecule is CCC(Nc1ccc(C)cc1N)c1ccccc1. The third-order valence-electron chi connectivity index (χ3n) is 3.15. The molecule has 2 heteroatoms. The summed E-state index contributed by atoms with van der Waals surface area (Å²) in [4.78, 5) is 0. The first kappa shape index (κ1) is 12.5. The van der Waals surface area contributed by atoms with Crippen molar-refractivity contribution in [3.8, 4) is 0 Å². The van der Waals surface area contributed by atoms with Gasteiger partial charge in [-0.25, -0.2) is 0 Å². The Kier molecular flexibility index (Phi) is 3.88. The average Bonchev–Trinajstić information content (AvgIpc) is 2.39. The second-order valence-corrected chi connectivity index (χ2v) is 4.61. The van der Waals surface area contributed by atoms with E-state index >= 15 is 0 Å². The van der Waals surface area contributed by atoms with Gasteiger partial charge in [0.2, 0.25) is 0 Å². The summed E-state index contributed by atoms with van der Waals surface area (Å²) in [5.41, 5.74) is 10.3. The largest absolute Gasteiger partial charge is 0.397 e. The summed E-state index contributed by atoms with van der Waals surface area (Å²) in [6, 6.07) is 16.9. The van der Waals surface area contributed by atoms with Gasteiger partial charge in [-0.1, -0.05) is 43.3 Å². The van der Waals surface area contributed by atoms with Crippen LogP contribution in [0.3, 0.4) is 0 Å². The molecule has 0 saturated heterocycles. The zero-order valence-electron chi connectivity index (χ0n) is 11.0. The average molecular weight is 240 g/mol. The van der Waals surface area contributed by atoms with Gasteiger partial charge in [0.1, 0.15) is 0 Å². The molecule has 0 spiro atoms. The van der Waals surface area contributed by atoms with E-state index in [1.54, 1.807) is 0 Å². The zero-order chi connectivity index (χ0) is 13.0. The van der Waals surface area contributed by atoms with Gasteiger partial charge in [0.25, 0.3) is 0 Å². The minimum absolute atomic E-state index is 0.302. The van der Waals surface area contributed by atoms with E-state index in [1.807, 2.05) is 12.1 Å². The molecule has 0 saturated carbocycles. The molecule has 2 aromatic carbocycles. The van der Waals surface area contributed by atoms with Gasteiger partial charge in [-0.3, -0.25) is 0 Å². The van der Waals surface area contributed by atoms with Crippen LogP contribution in [0.1, 0.15) is 30.5 Å². The van der Waals surface area contributed by atoms with Crippen molar-refractivity contribution in [2.45, 2.75) is 26.3 Å². The number of hydrogen-bond acceptors (Lipinski definition) is 2. The van der Waals surface area contributed by atoms with Crippen LogP contribution in [0.5, 0.6) is 0 Å². The Morgan fingerprint density at radius 3 is 2.44 bits per heavy atom. The number of nitrogen functional groups attached to an aromatic ring is 1. The third-order valence-corrected chi connectivity index (χ3v) is 3.15. The maximum atomic E-state index is 6.04. The third kappa shape index (κ3) is 2.83. The van der Waals surface area contributed by atoms with Crippen molar-refractivity contribution in [2.75, 3.05) is 11.1 Å². The molecule has 0 radical (unpaired) electrons. The predicted octanol–water partition coefficient (Wildman–Crippen LogP) is 4.14. The van der Waals surface area contributed by atoms with Gasteiger partial charge < -0.3 is 11.1 Å². The quantitative estimate of drug-likeness (QED) is 0.788. The number of nitrogens with two attached hydrogens (primary N) is 1. The minimum Gasteiger partial charge on any atom is -0.397 e. The molecule has 0 aliphatic rings. The zero-order valence-corrected chi connectivity index (χ0v) is 11.0. The molecule has 0 aliphatic heterocycles. The van der Waals surface area contributed by atoms with Crippen LogP contribution in [-0.4, -0.2) is 0 Å². The van der Waals surface area contributed by atoms with Crippen molar-refractivity contribution in [2.24, 2.45) is 0 Å². The number of aryl methyl sites for hydroxylation is 1. The summed E-state index contributed by atoms with van der Waals surface area (Å²) in [6.07, 6.45) is 1.03. The number of nitrogens with one attached hydrogen (secondary N) is 1. The number of benzene rings is 2. The van der Waals surface area contributed by atoms with Crippen LogP contribution in [0.25, 0.3) is 0 Å². The number of hydrogen-bond donors (Lipinski definition) is 2. The van der Waals surface area contributed by atoms with Crippen LogP contribution in [0.2, 0.25) is 0 Å². The summed E-state index contributed by atoms with van der Waals surface area (Å²) in [5.74, 6) is 0. The summed E-state index contributed by atoms with van der Waals surface area (Å²) in [5, 5.41) is 3.52. The van der Waals surface area contributed by atoms with E-state index in [-0.39, 0.29) is 0 Å². The molecule has 2 nitrogen and oxygen atoms in total. The fraction of sp³-hybridized carbons (Fsp3) is 0.250. The van der Waals surface area contributed by atoms with Crippen molar-refractivity contribution < 1.29 is 0 Å². The molecular formula is C16H20N2. The summed E-state index contributed by atoms with van der Waals surface area (Å²) >= 11 is 0. The summed E-state index contributed by atoms with van der Waals surface area (Å²) < 4.78 is 0. The van der Waals surface area contributed by atoms with Gasteiger partial charge in [-0.15, -0.1) is 0 Å².